The molecule has 0 aromatic carbocycles. The molecule has 0 radical (unpaired) electrons. The highest BCUT2D eigenvalue weighted by Crippen LogP contribution is 2.23. The Bertz CT molecular complexity index is 402. The highest BCUT2D eigenvalue weighted by atomic mass is 16.3. The second-order valence-corrected chi connectivity index (χ2v) is 5.42. The van der Waals surface area contributed by atoms with E-state index in [0.29, 0.717) is 25.4 Å². The van der Waals surface area contributed by atoms with E-state index in [-0.39, 0.29) is 12.5 Å². The van der Waals surface area contributed by atoms with E-state index in [0.717, 1.165) is 18.5 Å². The van der Waals surface area contributed by atoms with Gasteiger partial charge in [0.15, 0.2) is 0 Å². The topological polar surface area (TPSA) is 53.4 Å². The lowest BCUT2D eigenvalue weighted by Gasteiger charge is -2.34. The van der Waals surface area contributed by atoms with Gasteiger partial charge in [-0.25, -0.2) is 0 Å². The molecule has 4 heteroatoms. The summed E-state index contributed by atoms with van der Waals surface area (Å²) in [6.07, 6.45) is 8.73. The Kier molecular flexibility index (Phi) is 5.99. The Labute approximate surface area is 120 Å². The summed E-state index contributed by atoms with van der Waals surface area (Å²) >= 11 is 0. The number of pyridine rings is 1. The molecule has 20 heavy (non-hydrogen) atoms. The van der Waals surface area contributed by atoms with Gasteiger partial charge in [0.05, 0.1) is 6.61 Å². The quantitative estimate of drug-likeness (QED) is 0.866. The third-order valence-electron chi connectivity index (χ3n) is 4.00. The molecule has 1 N–H and O–H groups in total. The van der Waals surface area contributed by atoms with Crippen LogP contribution < -0.4 is 0 Å². The molecule has 0 aliphatic heterocycles. The summed E-state index contributed by atoms with van der Waals surface area (Å²) in [6.45, 7) is 0.511. The zero-order valence-electron chi connectivity index (χ0n) is 12.0. The number of aliphatic hydroxyl groups excluding tert-OH is 1. The zero-order chi connectivity index (χ0) is 14.2. The Morgan fingerprint density at radius 1 is 1.30 bits per heavy atom. The van der Waals surface area contributed by atoms with Crippen LogP contribution in [0.15, 0.2) is 24.4 Å². The van der Waals surface area contributed by atoms with Crippen LogP contribution in [0.25, 0.3) is 0 Å². The number of hydrogen-bond donors (Lipinski definition) is 1. The molecule has 1 amide bonds. The fourth-order valence-electron chi connectivity index (χ4n) is 2.94. The van der Waals surface area contributed by atoms with Crippen molar-refractivity contribution < 1.29 is 9.90 Å². The van der Waals surface area contributed by atoms with Gasteiger partial charge in [-0.05, 0) is 31.4 Å². The number of nitrogens with zero attached hydrogens (tertiary/aromatic N) is 2. The standard InChI is InChI=1S/C16H24N2O2/c19-13-12-18(15-7-2-1-3-8-15)16(20)10-9-14-6-4-5-11-17-14/h4-6,11,15,19H,1-3,7-10,12-13H2. The van der Waals surface area contributed by atoms with Gasteiger partial charge in [0.1, 0.15) is 0 Å². The number of rotatable bonds is 6. The van der Waals surface area contributed by atoms with Crippen molar-refractivity contribution in [3.63, 3.8) is 0 Å². The van der Waals surface area contributed by atoms with Crippen LogP contribution in [-0.2, 0) is 11.2 Å². The highest BCUT2D eigenvalue weighted by Gasteiger charge is 2.24. The largest absolute Gasteiger partial charge is 0.395 e. The molecule has 1 saturated carbocycles. The van der Waals surface area contributed by atoms with Gasteiger partial charge in [-0.3, -0.25) is 9.78 Å². The van der Waals surface area contributed by atoms with E-state index in [1.807, 2.05) is 23.1 Å². The summed E-state index contributed by atoms with van der Waals surface area (Å²) in [7, 11) is 0. The lowest BCUT2D eigenvalue weighted by Crippen LogP contribution is -2.43. The van der Waals surface area contributed by atoms with Crippen LogP contribution in [0, 0.1) is 0 Å². The first-order valence-electron chi connectivity index (χ1n) is 7.61. The summed E-state index contributed by atoms with van der Waals surface area (Å²) in [4.78, 5) is 18.5. The van der Waals surface area contributed by atoms with Gasteiger partial charge >= 0.3 is 0 Å². The highest BCUT2D eigenvalue weighted by molar-refractivity contribution is 5.76. The predicted octanol–water partition coefficient (Wildman–Crippen LogP) is 2.17. The molecule has 0 saturated heterocycles. The molecule has 110 valence electrons. The summed E-state index contributed by atoms with van der Waals surface area (Å²) in [5.41, 5.74) is 0.952. The normalized spacial score (nSPS) is 16.1. The first-order valence-corrected chi connectivity index (χ1v) is 7.61. The van der Waals surface area contributed by atoms with Crippen LogP contribution in [0.5, 0.6) is 0 Å². The van der Waals surface area contributed by atoms with Gasteiger partial charge in [0.2, 0.25) is 5.91 Å². The summed E-state index contributed by atoms with van der Waals surface area (Å²) in [6, 6.07) is 6.10. The van der Waals surface area contributed by atoms with Crippen LogP contribution in [0.2, 0.25) is 0 Å². The van der Waals surface area contributed by atoms with E-state index in [4.69, 9.17) is 0 Å². The first kappa shape index (κ1) is 15.0. The molecular formula is C16H24N2O2. The molecule has 0 bridgehead atoms. The molecule has 1 aromatic rings. The van der Waals surface area contributed by atoms with E-state index in [2.05, 4.69) is 4.98 Å². The number of aryl methyl sites for hydroxylation is 1. The van der Waals surface area contributed by atoms with E-state index < -0.39 is 0 Å². The molecular weight excluding hydrogens is 252 g/mol. The monoisotopic (exact) mass is 276 g/mol. The zero-order valence-corrected chi connectivity index (χ0v) is 12.0. The Balaban J connectivity index is 1.89. The van der Waals surface area contributed by atoms with Crippen LogP contribution in [0.4, 0.5) is 0 Å². The van der Waals surface area contributed by atoms with Crippen molar-refractivity contribution in [2.24, 2.45) is 0 Å². The van der Waals surface area contributed by atoms with Gasteiger partial charge in [0, 0.05) is 30.9 Å². The number of hydrogen-bond acceptors (Lipinski definition) is 3. The molecule has 1 heterocycles. The van der Waals surface area contributed by atoms with Gasteiger partial charge in [0.25, 0.3) is 0 Å². The Hall–Kier alpha value is -1.42. The fourth-order valence-corrected chi connectivity index (χ4v) is 2.94. The number of aromatic nitrogens is 1. The minimum absolute atomic E-state index is 0.0474. The molecule has 1 aliphatic rings. The number of aliphatic hydroxyl groups is 1. The van der Waals surface area contributed by atoms with Crippen molar-refractivity contribution in [1.29, 1.82) is 0 Å². The lowest BCUT2D eigenvalue weighted by molar-refractivity contribution is -0.134. The van der Waals surface area contributed by atoms with Crippen molar-refractivity contribution in [3.8, 4) is 0 Å². The van der Waals surface area contributed by atoms with Crippen molar-refractivity contribution in [2.75, 3.05) is 13.2 Å². The minimum atomic E-state index is 0.0474. The van der Waals surface area contributed by atoms with E-state index in [1.54, 1.807) is 6.20 Å². The fraction of sp³-hybridized carbons (Fsp3) is 0.625. The van der Waals surface area contributed by atoms with Crippen LogP contribution in [-0.4, -0.2) is 40.1 Å². The first-order chi connectivity index (χ1) is 9.81. The molecule has 1 fully saturated rings. The van der Waals surface area contributed by atoms with E-state index >= 15 is 0 Å². The number of carbonyl (C=O) groups is 1. The van der Waals surface area contributed by atoms with Gasteiger partial charge in [-0.15, -0.1) is 0 Å². The lowest BCUT2D eigenvalue weighted by atomic mass is 9.94. The van der Waals surface area contributed by atoms with Crippen molar-refractivity contribution >= 4 is 5.91 Å². The summed E-state index contributed by atoms with van der Waals surface area (Å²) in [5, 5.41) is 9.20. The Morgan fingerprint density at radius 2 is 2.10 bits per heavy atom. The van der Waals surface area contributed by atoms with E-state index in [9.17, 15) is 9.90 Å². The van der Waals surface area contributed by atoms with Gasteiger partial charge < -0.3 is 10.0 Å². The third kappa shape index (κ3) is 4.30. The van der Waals surface area contributed by atoms with Crippen molar-refractivity contribution in [2.45, 2.75) is 51.0 Å². The van der Waals surface area contributed by atoms with E-state index in [1.165, 1.54) is 19.3 Å². The Morgan fingerprint density at radius 3 is 2.75 bits per heavy atom. The summed E-state index contributed by atoms with van der Waals surface area (Å²) in [5.74, 6) is 0.150. The molecule has 2 rings (SSSR count). The average molecular weight is 276 g/mol. The minimum Gasteiger partial charge on any atom is -0.395 e. The average Bonchev–Trinajstić information content (AvgIpc) is 2.52. The summed E-state index contributed by atoms with van der Waals surface area (Å²) < 4.78 is 0. The van der Waals surface area contributed by atoms with Crippen LogP contribution in [0.3, 0.4) is 0 Å². The van der Waals surface area contributed by atoms with Gasteiger partial charge in [-0.1, -0.05) is 25.3 Å². The molecule has 4 nitrogen and oxygen atoms in total. The molecule has 1 aliphatic carbocycles. The number of carbonyl (C=O) groups excluding carboxylic acids is 1. The maximum atomic E-state index is 12.4. The molecule has 0 spiro atoms. The molecule has 0 unspecified atom stereocenters. The van der Waals surface area contributed by atoms with Crippen molar-refractivity contribution in [3.05, 3.63) is 30.1 Å². The number of amides is 1. The molecule has 1 aromatic heterocycles. The second-order valence-electron chi connectivity index (χ2n) is 5.42. The predicted molar refractivity (Wildman–Crippen MR) is 78.2 cm³/mol. The maximum absolute atomic E-state index is 12.4. The second kappa shape index (κ2) is 8.00. The smallest absolute Gasteiger partial charge is 0.223 e. The van der Waals surface area contributed by atoms with Gasteiger partial charge in [-0.2, -0.15) is 0 Å². The van der Waals surface area contributed by atoms with Crippen LogP contribution >= 0.6 is 0 Å². The third-order valence-corrected chi connectivity index (χ3v) is 4.00. The SMILES string of the molecule is O=C(CCc1ccccn1)N(CCO)C1CCCCC1. The van der Waals surface area contributed by atoms with Crippen molar-refractivity contribution in [1.82, 2.24) is 9.88 Å². The van der Waals surface area contributed by atoms with Crippen LogP contribution in [0.1, 0.15) is 44.2 Å². The maximum Gasteiger partial charge on any atom is 0.223 e. The molecule has 0 atom stereocenters.